The SMILES string of the molecule is O=C(C1OCCc2ccccc21)N1CCOCC1C1CCCCC1O. The maximum Gasteiger partial charge on any atom is 0.256 e. The third-order valence-electron chi connectivity index (χ3n) is 5.94. The van der Waals surface area contributed by atoms with Crippen LogP contribution in [0.4, 0.5) is 0 Å². The van der Waals surface area contributed by atoms with E-state index in [2.05, 4.69) is 6.07 Å². The topological polar surface area (TPSA) is 59.0 Å². The standard InChI is InChI=1S/C20H27NO4/c22-18-8-4-3-7-16(18)17-13-24-12-10-21(17)20(23)19-15-6-2-1-5-14(15)9-11-25-19/h1-2,5-6,16-19,22H,3-4,7-13H2. The summed E-state index contributed by atoms with van der Waals surface area (Å²) in [5.74, 6) is 0.134. The van der Waals surface area contributed by atoms with Gasteiger partial charge < -0.3 is 19.5 Å². The van der Waals surface area contributed by atoms with E-state index in [1.807, 2.05) is 23.1 Å². The minimum atomic E-state index is -0.522. The minimum absolute atomic E-state index is 0.0261. The van der Waals surface area contributed by atoms with Crippen LogP contribution in [-0.4, -0.2) is 54.4 Å². The fraction of sp³-hybridized carbons (Fsp3) is 0.650. The summed E-state index contributed by atoms with van der Waals surface area (Å²) < 4.78 is 11.6. The number of ether oxygens (including phenoxy) is 2. The van der Waals surface area contributed by atoms with Crippen molar-refractivity contribution < 1.29 is 19.4 Å². The molecule has 0 bridgehead atoms. The molecule has 4 rings (SSSR count). The van der Waals surface area contributed by atoms with E-state index in [4.69, 9.17) is 9.47 Å². The molecule has 4 atom stereocenters. The van der Waals surface area contributed by atoms with Crippen LogP contribution in [0.15, 0.2) is 24.3 Å². The number of fused-ring (bicyclic) bond motifs is 1. The number of hydrogen-bond acceptors (Lipinski definition) is 4. The number of morpholine rings is 1. The molecule has 1 amide bonds. The van der Waals surface area contributed by atoms with Crippen LogP contribution in [0.2, 0.25) is 0 Å². The maximum absolute atomic E-state index is 13.3. The van der Waals surface area contributed by atoms with Gasteiger partial charge in [-0.25, -0.2) is 0 Å². The van der Waals surface area contributed by atoms with Crippen molar-refractivity contribution in [3.8, 4) is 0 Å². The van der Waals surface area contributed by atoms with Gasteiger partial charge in [0.05, 0.1) is 32.0 Å². The third-order valence-corrected chi connectivity index (χ3v) is 5.94. The van der Waals surface area contributed by atoms with Crippen LogP contribution in [0.1, 0.15) is 42.9 Å². The molecule has 2 fully saturated rings. The van der Waals surface area contributed by atoms with Gasteiger partial charge >= 0.3 is 0 Å². The largest absolute Gasteiger partial charge is 0.393 e. The summed E-state index contributed by atoms with van der Waals surface area (Å²) in [4.78, 5) is 15.3. The summed E-state index contributed by atoms with van der Waals surface area (Å²) in [7, 11) is 0. The van der Waals surface area contributed by atoms with Crippen molar-refractivity contribution in [3.05, 3.63) is 35.4 Å². The highest BCUT2D eigenvalue weighted by molar-refractivity contribution is 5.83. The van der Waals surface area contributed by atoms with E-state index < -0.39 is 6.10 Å². The molecule has 136 valence electrons. The zero-order valence-corrected chi connectivity index (χ0v) is 14.6. The number of aliphatic hydroxyl groups is 1. The van der Waals surface area contributed by atoms with Crippen LogP contribution in [-0.2, 0) is 20.7 Å². The lowest BCUT2D eigenvalue weighted by molar-refractivity contribution is -0.159. The van der Waals surface area contributed by atoms with Crippen molar-refractivity contribution in [2.45, 2.75) is 50.4 Å². The lowest BCUT2D eigenvalue weighted by atomic mass is 9.80. The van der Waals surface area contributed by atoms with Crippen LogP contribution in [0, 0.1) is 5.92 Å². The van der Waals surface area contributed by atoms with E-state index in [1.54, 1.807) is 0 Å². The Morgan fingerprint density at radius 3 is 2.88 bits per heavy atom. The van der Waals surface area contributed by atoms with Gasteiger partial charge in [-0.05, 0) is 30.4 Å². The maximum atomic E-state index is 13.3. The van der Waals surface area contributed by atoms with Crippen molar-refractivity contribution in [1.82, 2.24) is 4.90 Å². The predicted octanol–water partition coefficient (Wildman–Crippen LogP) is 2.08. The predicted molar refractivity (Wildman–Crippen MR) is 93.1 cm³/mol. The fourth-order valence-corrected chi connectivity index (χ4v) is 4.59. The number of carbonyl (C=O) groups is 1. The summed E-state index contributed by atoms with van der Waals surface area (Å²) in [6.07, 6.45) is 3.96. The fourth-order valence-electron chi connectivity index (χ4n) is 4.59. The zero-order valence-electron chi connectivity index (χ0n) is 14.6. The second kappa shape index (κ2) is 7.44. The molecule has 0 radical (unpaired) electrons. The van der Waals surface area contributed by atoms with E-state index >= 15 is 0 Å². The normalized spacial score (nSPS) is 32.9. The monoisotopic (exact) mass is 345 g/mol. The number of nitrogens with zero attached hydrogens (tertiary/aromatic N) is 1. The van der Waals surface area contributed by atoms with E-state index in [9.17, 15) is 9.90 Å². The molecule has 1 aliphatic carbocycles. The third kappa shape index (κ3) is 3.33. The Kier molecular flexibility index (Phi) is 5.06. The Balaban J connectivity index is 1.57. The van der Waals surface area contributed by atoms with E-state index in [1.165, 1.54) is 5.56 Å². The highest BCUT2D eigenvalue weighted by Gasteiger charge is 2.41. The quantitative estimate of drug-likeness (QED) is 0.892. The van der Waals surface area contributed by atoms with Gasteiger partial charge in [0.2, 0.25) is 0 Å². The van der Waals surface area contributed by atoms with Gasteiger partial charge in [-0.1, -0.05) is 37.1 Å². The van der Waals surface area contributed by atoms with E-state index in [0.717, 1.165) is 37.7 Å². The second-order valence-corrected chi connectivity index (χ2v) is 7.39. The number of carbonyl (C=O) groups excluding carboxylic acids is 1. The lowest BCUT2D eigenvalue weighted by Gasteiger charge is -2.44. The van der Waals surface area contributed by atoms with Gasteiger partial charge in [0.1, 0.15) is 0 Å². The van der Waals surface area contributed by atoms with Crippen molar-refractivity contribution in [2.24, 2.45) is 5.92 Å². The van der Waals surface area contributed by atoms with E-state index in [0.29, 0.717) is 26.4 Å². The molecule has 1 saturated heterocycles. The first kappa shape index (κ1) is 17.0. The number of hydrogen-bond donors (Lipinski definition) is 1. The molecule has 4 unspecified atom stereocenters. The van der Waals surface area contributed by atoms with Gasteiger partial charge in [0, 0.05) is 12.5 Å². The minimum Gasteiger partial charge on any atom is -0.393 e. The summed E-state index contributed by atoms with van der Waals surface area (Å²) in [5.41, 5.74) is 2.20. The Hall–Kier alpha value is -1.43. The molecule has 5 nitrogen and oxygen atoms in total. The first-order chi connectivity index (χ1) is 12.3. The molecular weight excluding hydrogens is 318 g/mol. The molecule has 1 saturated carbocycles. The number of benzene rings is 1. The van der Waals surface area contributed by atoms with Crippen molar-refractivity contribution in [2.75, 3.05) is 26.4 Å². The highest BCUT2D eigenvalue weighted by atomic mass is 16.5. The Bertz CT molecular complexity index is 619. The molecule has 0 spiro atoms. The van der Waals surface area contributed by atoms with Crippen LogP contribution in [0.25, 0.3) is 0 Å². The molecule has 1 N–H and O–H groups in total. The summed E-state index contributed by atoms with van der Waals surface area (Å²) in [5, 5.41) is 10.5. The molecule has 1 aromatic rings. The number of amides is 1. The van der Waals surface area contributed by atoms with Gasteiger partial charge in [-0.3, -0.25) is 4.79 Å². The average molecular weight is 345 g/mol. The summed E-state index contributed by atoms with van der Waals surface area (Å²) in [6.45, 7) is 2.23. The lowest BCUT2D eigenvalue weighted by Crippen LogP contribution is -2.56. The first-order valence-corrected chi connectivity index (χ1v) is 9.51. The Morgan fingerprint density at radius 2 is 2.00 bits per heavy atom. The molecule has 2 heterocycles. The molecular formula is C20H27NO4. The van der Waals surface area contributed by atoms with E-state index in [-0.39, 0.29) is 24.0 Å². The molecule has 5 heteroatoms. The smallest absolute Gasteiger partial charge is 0.256 e. The van der Waals surface area contributed by atoms with Crippen LogP contribution >= 0.6 is 0 Å². The van der Waals surface area contributed by atoms with Crippen LogP contribution in [0.5, 0.6) is 0 Å². The number of rotatable bonds is 2. The van der Waals surface area contributed by atoms with Gasteiger partial charge in [-0.15, -0.1) is 0 Å². The molecule has 1 aromatic carbocycles. The van der Waals surface area contributed by atoms with Gasteiger partial charge in [0.25, 0.3) is 5.91 Å². The summed E-state index contributed by atoms with van der Waals surface area (Å²) in [6, 6.07) is 8.02. The molecule has 3 aliphatic rings. The van der Waals surface area contributed by atoms with Crippen molar-refractivity contribution in [1.29, 1.82) is 0 Å². The average Bonchev–Trinajstić information content (AvgIpc) is 2.67. The molecule has 0 aromatic heterocycles. The highest BCUT2D eigenvalue weighted by Crippen LogP contribution is 2.34. The Labute approximate surface area is 148 Å². The first-order valence-electron chi connectivity index (χ1n) is 9.51. The van der Waals surface area contributed by atoms with Gasteiger partial charge in [0.15, 0.2) is 6.10 Å². The summed E-state index contributed by atoms with van der Waals surface area (Å²) >= 11 is 0. The van der Waals surface area contributed by atoms with Crippen LogP contribution in [0.3, 0.4) is 0 Å². The van der Waals surface area contributed by atoms with Crippen molar-refractivity contribution >= 4 is 5.91 Å². The van der Waals surface area contributed by atoms with Crippen molar-refractivity contribution in [3.63, 3.8) is 0 Å². The molecule has 2 aliphatic heterocycles. The Morgan fingerprint density at radius 1 is 1.16 bits per heavy atom. The van der Waals surface area contributed by atoms with Gasteiger partial charge in [-0.2, -0.15) is 0 Å². The second-order valence-electron chi connectivity index (χ2n) is 7.39. The molecule has 25 heavy (non-hydrogen) atoms. The van der Waals surface area contributed by atoms with Crippen LogP contribution < -0.4 is 0 Å². The zero-order chi connectivity index (χ0) is 17.2. The number of aliphatic hydroxyl groups excluding tert-OH is 1.